The summed E-state index contributed by atoms with van der Waals surface area (Å²) < 4.78 is 0. The van der Waals surface area contributed by atoms with Crippen molar-refractivity contribution in [3.63, 3.8) is 0 Å². The minimum Gasteiger partial charge on any atom is -0.0842 e. The fourth-order valence-electron chi connectivity index (χ4n) is 2.52. The first kappa shape index (κ1) is 10.5. The van der Waals surface area contributed by atoms with Crippen molar-refractivity contribution in [3.8, 4) is 0 Å². The summed E-state index contributed by atoms with van der Waals surface area (Å²) in [5, 5.41) is 0. The molecule has 0 N–H and O–H groups in total. The van der Waals surface area contributed by atoms with Crippen LogP contribution in [-0.4, -0.2) is 0 Å². The van der Waals surface area contributed by atoms with Crippen LogP contribution < -0.4 is 0 Å². The van der Waals surface area contributed by atoms with Crippen LogP contribution in [-0.2, 0) is 0 Å². The molecule has 15 heavy (non-hydrogen) atoms. The van der Waals surface area contributed by atoms with Gasteiger partial charge in [-0.05, 0) is 37.7 Å². The first-order valence-corrected chi connectivity index (χ1v) is 6.14. The van der Waals surface area contributed by atoms with E-state index in [1.165, 1.54) is 32.1 Å². The Balaban J connectivity index is 2.16. The molecule has 2 aliphatic carbocycles. The van der Waals surface area contributed by atoms with E-state index in [1.54, 1.807) is 11.1 Å². The molecule has 0 saturated carbocycles. The summed E-state index contributed by atoms with van der Waals surface area (Å²) in [6.45, 7) is 2.30. The lowest BCUT2D eigenvalue weighted by Crippen LogP contribution is -2.08. The van der Waals surface area contributed by atoms with E-state index in [4.69, 9.17) is 0 Å². The molecule has 0 fully saturated rings. The van der Waals surface area contributed by atoms with Gasteiger partial charge in [0.05, 0.1) is 0 Å². The molecule has 0 saturated heterocycles. The lowest BCUT2D eigenvalue weighted by Gasteiger charge is -2.23. The SMILES string of the molecule is CCC(C1=CCCC=C1)C1=CC=CCC1. The molecule has 0 aliphatic heterocycles. The van der Waals surface area contributed by atoms with Gasteiger partial charge in [-0.2, -0.15) is 0 Å². The zero-order chi connectivity index (χ0) is 10.5. The van der Waals surface area contributed by atoms with Crippen molar-refractivity contribution in [3.05, 3.63) is 47.6 Å². The predicted octanol–water partition coefficient (Wildman–Crippen LogP) is 4.57. The van der Waals surface area contributed by atoms with Gasteiger partial charge in [-0.3, -0.25) is 0 Å². The molecule has 0 amide bonds. The van der Waals surface area contributed by atoms with Crippen molar-refractivity contribution < 1.29 is 0 Å². The number of allylic oxidation sites excluding steroid dienone is 8. The van der Waals surface area contributed by atoms with Crippen molar-refractivity contribution in [2.24, 2.45) is 5.92 Å². The second-order valence-electron chi connectivity index (χ2n) is 4.35. The third-order valence-corrected chi connectivity index (χ3v) is 3.33. The molecule has 0 heteroatoms. The third kappa shape index (κ3) is 2.50. The fraction of sp³-hybridized carbons (Fsp3) is 0.467. The van der Waals surface area contributed by atoms with Gasteiger partial charge in [0.15, 0.2) is 0 Å². The van der Waals surface area contributed by atoms with E-state index in [-0.39, 0.29) is 0 Å². The molecular formula is C15H20. The molecule has 0 radical (unpaired) electrons. The van der Waals surface area contributed by atoms with Crippen molar-refractivity contribution in [2.45, 2.75) is 39.0 Å². The van der Waals surface area contributed by atoms with Crippen LogP contribution in [0.2, 0.25) is 0 Å². The second-order valence-corrected chi connectivity index (χ2v) is 4.35. The van der Waals surface area contributed by atoms with Crippen LogP contribution in [0.3, 0.4) is 0 Å². The maximum atomic E-state index is 2.42. The van der Waals surface area contributed by atoms with Gasteiger partial charge in [0.1, 0.15) is 0 Å². The molecule has 0 nitrogen and oxygen atoms in total. The molecule has 0 heterocycles. The normalized spacial score (nSPS) is 22.2. The topological polar surface area (TPSA) is 0 Å². The van der Waals surface area contributed by atoms with E-state index in [2.05, 4.69) is 43.4 Å². The van der Waals surface area contributed by atoms with Gasteiger partial charge in [-0.25, -0.2) is 0 Å². The fourth-order valence-corrected chi connectivity index (χ4v) is 2.52. The zero-order valence-electron chi connectivity index (χ0n) is 9.58. The third-order valence-electron chi connectivity index (χ3n) is 3.33. The predicted molar refractivity (Wildman–Crippen MR) is 66.7 cm³/mol. The van der Waals surface area contributed by atoms with Crippen molar-refractivity contribution in [1.82, 2.24) is 0 Å². The Labute approximate surface area is 93.1 Å². The summed E-state index contributed by atoms with van der Waals surface area (Å²) in [4.78, 5) is 0. The zero-order valence-corrected chi connectivity index (χ0v) is 9.58. The summed E-state index contributed by atoms with van der Waals surface area (Å²) >= 11 is 0. The highest BCUT2D eigenvalue weighted by Crippen LogP contribution is 2.31. The number of rotatable bonds is 3. The number of hydrogen-bond donors (Lipinski definition) is 0. The highest BCUT2D eigenvalue weighted by atomic mass is 14.2. The molecule has 0 aromatic carbocycles. The van der Waals surface area contributed by atoms with Gasteiger partial charge in [-0.1, -0.05) is 49.0 Å². The van der Waals surface area contributed by atoms with Crippen LogP contribution in [0.4, 0.5) is 0 Å². The first-order chi connectivity index (χ1) is 7.42. The molecule has 0 spiro atoms. The molecule has 0 aromatic heterocycles. The maximum Gasteiger partial charge on any atom is 0.00455 e. The summed E-state index contributed by atoms with van der Waals surface area (Å²) in [6, 6.07) is 0. The Hall–Kier alpha value is -1.04. The summed E-state index contributed by atoms with van der Waals surface area (Å²) in [6.07, 6.45) is 20.0. The average Bonchev–Trinajstić information content (AvgIpc) is 2.33. The van der Waals surface area contributed by atoms with Crippen molar-refractivity contribution in [2.75, 3.05) is 0 Å². The average molecular weight is 200 g/mol. The molecular weight excluding hydrogens is 180 g/mol. The Bertz CT molecular complexity index is 326. The summed E-state index contributed by atoms with van der Waals surface area (Å²) in [7, 11) is 0. The smallest absolute Gasteiger partial charge is 0.00455 e. The van der Waals surface area contributed by atoms with E-state index >= 15 is 0 Å². The van der Waals surface area contributed by atoms with Crippen molar-refractivity contribution >= 4 is 0 Å². The van der Waals surface area contributed by atoms with Crippen LogP contribution in [0.1, 0.15) is 39.0 Å². The molecule has 1 atom stereocenters. The lowest BCUT2D eigenvalue weighted by molar-refractivity contribution is 0.653. The van der Waals surface area contributed by atoms with Gasteiger partial charge in [0.2, 0.25) is 0 Å². The standard InChI is InChI=1S/C15H20/c1-2-15(13-9-5-3-6-10-13)14-11-7-4-8-12-14/h3,5,7,9,11-12,15H,2,4,6,8,10H2,1H3. The van der Waals surface area contributed by atoms with E-state index in [0.717, 1.165) is 0 Å². The summed E-state index contributed by atoms with van der Waals surface area (Å²) in [5.74, 6) is 0.673. The van der Waals surface area contributed by atoms with E-state index < -0.39 is 0 Å². The monoisotopic (exact) mass is 200 g/mol. The van der Waals surface area contributed by atoms with E-state index in [1.807, 2.05) is 0 Å². The highest BCUT2D eigenvalue weighted by molar-refractivity contribution is 5.34. The first-order valence-electron chi connectivity index (χ1n) is 6.14. The van der Waals surface area contributed by atoms with Crippen LogP contribution in [0.5, 0.6) is 0 Å². The van der Waals surface area contributed by atoms with Gasteiger partial charge < -0.3 is 0 Å². The van der Waals surface area contributed by atoms with Crippen LogP contribution in [0.15, 0.2) is 47.6 Å². The highest BCUT2D eigenvalue weighted by Gasteiger charge is 2.16. The number of hydrogen-bond acceptors (Lipinski definition) is 0. The minimum absolute atomic E-state index is 0.673. The molecule has 0 bridgehead atoms. The quantitative estimate of drug-likeness (QED) is 0.626. The Kier molecular flexibility index (Phi) is 3.60. The van der Waals surface area contributed by atoms with Gasteiger partial charge >= 0.3 is 0 Å². The van der Waals surface area contributed by atoms with E-state index in [9.17, 15) is 0 Å². The molecule has 2 aliphatic rings. The maximum absolute atomic E-state index is 2.42. The second kappa shape index (κ2) is 5.16. The van der Waals surface area contributed by atoms with Gasteiger partial charge in [0, 0.05) is 5.92 Å². The van der Waals surface area contributed by atoms with Gasteiger partial charge in [-0.15, -0.1) is 0 Å². The van der Waals surface area contributed by atoms with Crippen molar-refractivity contribution in [1.29, 1.82) is 0 Å². The largest absolute Gasteiger partial charge is 0.0842 e. The van der Waals surface area contributed by atoms with Crippen LogP contribution in [0, 0.1) is 5.92 Å². The Morgan fingerprint density at radius 1 is 1.20 bits per heavy atom. The Morgan fingerprint density at radius 3 is 2.73 bits per heavy atom. The molecule has 2 rings (SSSR count). The van der Waals surface area contributed by atoms with Crippen LogP contribution in [0.25, 0.3) is 0 Å². The van der Waals surface area contributed by atoms with E-state index in [0.29, 0.717) is 5.92 Å². The minimum atomic E-state index is 0.673. The molecule has 1 unspecified atom stereocenters. The molecule has 0 aromatic rings. The van der Waals surface area contributed by atoms with Gasteiger partial charge in [0.25, 0.3) is 0 Å². The Morgan fingerprint density at radius 2 is 2.13 bits per heavy atom. The summed E-state index contributed by atoms with van der Waals surface area (Å²) in [5.41, 5.74) is 3.17. The van der Waals surface area contributed by atoms with Crippen LogP contribution >= 0.6 is 0 Å². The molecule has 80 valence electrons. The lowest BCUT2D eigenvalue weighted by atomic mass is 9.82.